The van der Waals surface area contributed by atoms with Crippen molar-refractivity contribution in [1.29, 1.82) is 0 Å². The molecule has 0 aliphatic rings. The Bertz CT molecular complexity index is 8.00. The number of hydrogen-bond acceptors (Lipinski definition) is 0. The van der Waals surface area contributed by atoms with Crippen molar-refractivity contribution in [2.45, 2.75) is 0 Å². The summed E-state index contributed by atoms with van der Waals surface area (Å²) >= 11 is 0. The minimum absolute atomic E-state index is 0. The van der Waals surface area contributed by atoms with Gasteiger partial charge in [0.05, 0.1) is 0 Å². The molecule has 0 rings (SSSR count). The molecular weight excluding hydrogens is 147 g/mol. The third-order valence-electron chi connectivity index (χ3n) is 0. The summed E-state index contributed by atoms with van der Waals surface area (Å²) in [6, 6.07) is 0. The van der Waals surface area contributed by atoms with Crippen molar-refractivity contribution in [3.05, 3.63) is 0 Å². The van der Waals surface area contributed by atoms with Gasteiger partial charge in [0.25, 0.3) is 0 Å². The van der Waals surface area contributed by atoms with Crippen LogP contribution in [0.1, 0.15) is 0 Å². The number of rotatable bonds is 0. The second kappa shape index (κ2) is 16.5. The first-order valence-corrected chi connectivity index (χ1v) is 0. The second-order valence-electron chi connectivity index (χ2n) is 0. The maximum Gasteiger partial charge on any atom is 0 e. The molecule has 0 aliphatic carbocycles. The van der Waals surface area contributed by atoms with Crippen LogP contribution in [-0.2, 0) is 17.1 Å². The van der Waals surface area contributed by atoms with Crippen LogP contribution in [0.3, 0.4) is 0 Å². The van der Waals surface area contributed by atoms with Gasteiger partial charge in [-0.25, -0.2) is 0 Å². The van der Waals surface area contributed by atoms with Gasteiger partial charge in [0.2, 0.25) is 0 Å². The SMILES string of the molecule is [Al].[Ca].[Fe].[Mg]. The average molecular weight is 147 g/mol. The minimum atomic E-state index is 0. The zero-order chi connectivity index (χ0) is 0. The van der Waals surface area contributed by atoms with E-state index in [-0.39, 0.29) is 95.2 Å². The molecule has 0 atom stereocenters. The van der Waals surface area contributed by atoms with Gasteiger partial charge in [-0.3, -0.25) is 0 Å². The van der Waals surface area contributed by atoms with Crippen LogP contribution in [0.2, 0.25) is 0 Å². The second-order valence-corrected chi connectivity index (χ2v) is 0. The van der Waals surface area contributed by atoms with E-state index in [0.29, 0.717) is 0 Å². The Morgan fingerprint density at radius 2 is 1.00 bits per heavy atom. The van der Waals surface area contributed by atoms with E-state index < -0.39 is 0 Å². The molecule has 0 unspecified atom stereocenters. The molecule has 0 saturated carbocycles. The molecule has 0 N–H and O–H groups in total. The van der Waals surface area contributed by atoms with E-state index in [0.717, 1.165) is 0 Å². The van der Waals surface area contributed by atoms with Crippen LogP contribution in [0.5, 0.6) is 0 Å². The fourth-order valence-corrected chi connectivity index (χ4v) is 0. The van der Waals surface area contributed by atoms with Gasteiger partial charge in [0.15, 0.2) is 0 Å². The molecule has 0 fully saturated rings. The van der Waals surface area contributed by atoms with Gasteiger partial charge in [-0.2, -0.15) is 0 Å². The first-order chi connectivity index (χ1) is 0. The van der Waals surface area contributed by atoms with Crippen LogP contribution in [0.4, 0.5) is 0 Å². The van der Waals surface area contributed by atoms with Gasteiger partial charge < -0.3 is 0 Å². The van der Waals surface area contributed by atoms with E-state index in [1.165, 1.54) is 0 Å². The molecule has 7 radical (unpaired) electrons. The van der Waals surface area contributed by atoms with Gasteiger partial charge in [-0.1, -0.05) is 0 Å². The predicted octanol–water partition coefficient (Wildman–Crippen LogP) is -1.14. The molecule has 0 aromatic carbocycles. The predicted molar refractivity (Wildman–Crippen MR) is 17.3 cm³/mol. The van der Waals surface area contributed by atoms with Gasteiger partial charge in [0.1, 0.15) is 0 Å². The molecule has 0 aromatic heterocycles. The molecule has 0 bridgehead atoms. The summed E-state index contributed by atoms with van der Waals surface area (Å²) in [7, 11) is 0. The number of hydrogen-bond donors (Lipinski definition) is 0. The Morgan fingerprint density at radius 3 is 1.00 bits per heavy atom. The zero-order valence-electron chi connectivity index (χ0n) is 2.35. The van der Waals surface area contributed by atoms with Gasteiger partial charge in [-0.15, -0.1) is 0 Å². The van der Waals surface area contributed by atoms with E-state index in [9.17, 15) is 0 Å². The summed E-state index contributed by atoms with van der Waals surface area (Å²) < 4.78 is 0. The maximum absolute atomic E-state index is 0. The van der Waals surface area contributed by atoms with Crippen molar-refractivity contribution in [2.24, 2.45) is 0 Å². The minimum Gasteiger partial charge on any atom is 0 e. The van der Waals surface area contributed by atoms with Crippen molar-refractivity contribution in [1.82, 2.24) is 0 Å². The summed E-state index contributed by atoms with van der Waals surface area (Å²) in [5, 5.41) is 0. The first kappa shape index (κ1) is 27.6. The molecule has 0 nitrogen and oxygen atoms in total. The van der Waals surface area contributed by atoms with Crippen molar-refractivity contribution >= 4 is 78.2 Å². The van der Waals surface area contributed by atoms with Crippen molar-refractivity contribution < 1.29 is 17.1 Å². The summed E-state index contributed by atoms with van der Waals surface area (Å²) in [6.07, 6.45) is 0. The van der Waals surface area contributed by atoms with E-state index >= 15 is 0 Å². The summed E-state index contributed by atoms with van der Waals surface area (Å²) in [5.74, 6) is 0. The third-order valence-corrected chi connectivity index (χ3v) is 0. The molecule has 0 spiro atoms. The van der Waals surface area contributed by atoms with Crippen LogP contribution in [0.25, 0.3) is 0 Å². The third kappa shape index (κ3) is 8.91. The Hall–Kier alpha value is 3.08. The molecule has 0 aromatic rings. The smallest absolute Gasteiger partial charge is 0 e. The van der Waals surface area contributed by atoms with Gasteiger partial charge in [-0.05, 0) is 0 Å². The van der Waals surface area contributed by atoms with E-state index in [4.69, 9.17) is 0 Å². The van der Waals surface area contributed by atoms with Gasteiger partial charge in [0, 0.05) is 95.2 Å². The molecule has 0 aliphatic heterocycles. The fraction of sp³-hybridized carbons (Fsp3) is 0. The summed E-state index contributed by atoms with van der Waals surface area (Å²) in [5.41, 5.74) is 0. The molecule has 15 valence electrons. The first-order valence-electron chi connectivity index (χ1n) is 0. The quantitative estimate of drug-likeness (QED) is 0.380. The van der Waals surface area contributed by atoms with E-state index in [1.54, 1.807) is 0 Å². The van der Waals surface area contributed by atoms with Crippen LogP contribution in [-0.4, -0.2) is 78.2 Å². The van der Waals surface area contributed by atoms with Crippen LogP contribution < -0.4 is 0 Å². The van der Waals surface area contributed by atoms with Gasteiger partial charge >= 0.3 is 0 Å². The van der Waals surface area contributed by atoms with Crippen molar-refractivity contribution in [3.8, 4) is 0 Å². The zero-order valence-corrected chi connectivity index (χ0v) is 8.23. The average Bonchev–Trinajstić information content (AvgIpc) is 0. The molecule has 4 heavy (non-hydrogen) atoms. The van der Waals surface area contributed by atoms with Crippen LogP contribution in [0.15, 0.2) is 0 Å². The molecule has 0 heterocycles. The normalized spacial score (nSPS) is 0. The largest absolute Gasteiger partial charge is 0 e. The van der Waals surface area contributed by atoms with E-state index in [1.807, 2.05) is 0 Å². The van der Waals surface area contributed by atoms with Crippen LogP contribution in [0, 0.1) is 0 Å². The summed E-state index contributed by atoms with van der Waals surface area (Å²) in [6.45, 7) is 0. The molecule has 4 heteroatoms. The van der Waals surface area contributed by atoms with E-state index in [2.05, 4.69) is 0 Å². The topological polar surface area (TPSA) is 0 Å². The van der Waals surface area contributed by atoms with Crippen LogP contribution >= 0.6 is 0 Å². The Kier molecular flexibility index (Phi) is 114. The Balaban J connectivity index is 0. The Labute approximate surface area is 93.2 Å². The standard InChI is InChI=1S/Al.Ca.Fe.Mg. The molecule has 0 saturated heterocycles. The fourth-order valence-electron chi connectivity index (χ4n) is 0. The molecule has 0 amide bonds. The van der Waals surface area contributed by atoms with Crippen molar-refractivity contribution in [3.63, 3.8) is 0 Å². The monoisotopic (exact) mass is 147 g/mol. The summed E-state index contributed by atoms with van der Waals surface area (Å²) in [4.78, 5) is 0. The molecular formula is AlCaFeMg. The maximum atomic E-state index is 0. The Morgan fingerprint density at radius 1 is 1.00 bits per heavy atom. The van der Waals surface area contributed by atoms with Crippen molar-refractivity contribution in [2.75, 3.05) is 0 Å².